The lowest BCUT2D eigenvalue weighted by Gasteiger charge is -2.22. The van der Waals surface area contributed by atoms with Gasteiger partial charge in [0.15, 0.2) is 0 Å². The van der Waals surface area contributed by atoms with E-state index in [-0.39, 0.29) is 22.7 Å². The van der Waals surface area contributed by atoms with E-state index < -0.39 is 33.1 Å². The lowest BCUT2D eigenvalue weighted by Crippen LogP contribution is -2.26. The first-order valence-electron chi connectivity index (χ1n) is 8.96. The van der Waals surface area contributed by atoms with Crippen LogP contribution in [0.25, 0.3) is 0 Å². The molecule has 0 bridgehead atoms. The molecule has 0 radical (unpaired) electrons. The van der Waals surface area contributed by atoms with Gasteiger partial charge >= 0.3 is 5.97 Å². The van der Waals surface area contributed by atoms with E-state index >= 15 is 0 Å². The number of hydrogen-bond acceptors (Lipinski definition) is 9. The molecule has 0 aliphatic carbocycles. The van der Waals surface area contributed by atoms with Gasteiger partial charge in [-0.3, -0.25) is 25.0 Å². The van der Waals surface area contributed by atoms with Crippen molar-refractivity contribution in [3.63, 3.8) is 0 Å². The fraction of sp³-hybridized carbons (Fsp3) is 0.333. The van der Waals surface area contributed by atoms with E-state index in [9.17, 15) is 29.8 Å². The number of fused-ring (bicyclic) bond motifs is 1. The first kappa shape index (κ1) is 21.3. The fourth-order valence-electron chi connectivity index (χ4n) is 3.15. The standard InChI is InChI=1S/C18H18N4O7S/c1-3-29-18(24)15-13-4-5-20(2)9-14(13)30-17(15)19-16(23)10-6-11(21(25)26)8-12(7-10)22(27)28/h6-8H,3-5,9H2,1-2H3,(H,19,23). The Kier molecular flexibility index (Phi) is 6.08. The van der Waals surface area contributed by atoms with Gasteiger partial charge in [-0.2, -0.15) is 0 Å². The number of benzene rings is 1. The number of nitrogens with zero attached hydrogens (tertiary/aromatic N) is 3. The molecule has 0 unspecified atom stereocenters. The Morgan fingerprint density at radius 1 is 1.20 bits per heavy atom. The SMILES string of the molecule is CCOC(=O)c1c(NC(=O)c2cc([N+](=O)[O-])cc([N+](=O)[O-])c2)sc2c1CCN(C)C2. The molecule has 3 rings (SSSR count). The van der Waals surface area contributed by atoms with Crippen LogP contribution in [-0.2, 0) is 17.7 Å². The third-order valence-electron chi connectivity index (χ3n) is 4.54. The monoisotopic (exact) mass is 434 g/mol. The Bertz CT molecular complexity index is 1020. The van der Waals surface area contributed by atoms with Crippen LogP contribution in [-0.4, -0.2) is 46.8 Å². The van der Waals surface area contributed by atoms with Crippen molar-refractivity contribution in [2.45, 2.75) is 19.9 Å². The quantitative estimate of drug-likeness (QED) is 0.415. The average Bonchev–Trinajstić information content (AvgIpc) is 3.04. The molecule has 0 saturated carbocycles. The predicted molar refractivity (Wildman–Crippen MR) is 108 cm³/mol. The summed E-state index contributed by atoms with van der Waals surface area (Å²) >= 11 is 1.22. The van der Waals surface area contributed by atoms with Crippen LogP contribution in [0.3, 0.4) is 0 Å². The largest absolute Gasteiger partial charge is 0.462 e. The molecule has 1 aromatic heterocycles. The number of thiophene rings is 1. The molecule has 0 fully saturated rings. The summed E-state index contributed by atoms with van der Waals surface area (Å²) in [5, 5.41) is 25.0. The molecule has 12 heteroatoms. The van der Waals surface area contributed by atoms with E-state index in [1.807, 2.05) is 7.05 Å². The molecule has 1 aliphatic heterocycles. The molecule has 2 heterocycles. The summed E-state index contributed by atoms with van der Waals surface area (Å²) < 4.78 is 5.13. The van der Waals surface area contributed by atoms with Crippen molar-refractivity contribution < 1.29 is 24.2 Å². The minimum atomic E-state index is -0.812. The van der Waals surface area contributed by atoms with E-state index in [0.29, 0.717) is 13.0 Å². The summed E-state index contributed by atoms with van der Waals surface area (Å²) in [6.07, 6.45) is 0.606. The number of nitrogens with one attached hydrogen (secondary N) is 1. The summed E-state index contributed by atoms with van der Waals surface area (Å²) in [6.45, 7) is 3.17. The van der Waals surface area contributed by atoms with Gasteiger partial charge in [-0.1, -0.05) is 0 Å². The summed E-state index contributed by atoms with van der Waals surface area (Å²) in [5.41, 5.74) is -0.344. The topological polar surface area (TPSA) is 145 Å². The van der Waals surface area contributed by atoms with Gasteiger partial charge in [0, 0.05) is 30.1 Å². The number of esters is 1. The van der Waals surface area contributed by atoms with Gasteiger partial charge in [0.1, 0.15) is 5.00 Å². The van der Waals surface area contributed by atoms with Crippen molar-refractivity contribution in [3.8, 4) is 0 Å². The van der Waals surface area contributed by atoms with E-state index in [2.05, 4.69) is 10.2 Å². The average molecular weight is 434 g/mol. The maximum Gasteiger partial charge on any atom is 0.341 e. The summed E-state index contributed by atoms with van der Waals surface area (Å²) in [7, 11) is 1.94. The van der Waals surface area contributed by atoms with Crippen LogP contribution < -0.4 is 5.32 Å². The van der Waals surface area contributed by atoms with Gasteiger partial charge in [0.05, 0.1) is 33.6 Å². The first-order chi connectivity index (χ1) is 14.2. The smallest absolute Gasteiger partial charge is 0.341 e. The molecule has 1 aromatic carbocycles. The number of likely N-dealkylation sites (N-methyl/N-ethyl adjacent to an activating group) is 1. The van der Waals surface area contributed by atoms with Crippen LogP contribution in [0.2, 0.25) is 0 Å². The lowest BCUT2D eigenvalue weighted by atomic mass is 10.0. The molecule has 1 aliphatic rings. The second-order valence-electron chi connectivity index (χ2n) is 6.62. The van der Waals surface area contributed by atoms with Crippen LogP contribution in [0.15, 0.2) is 18.2 Å². The number of hydrogen-bond donors (Lipinski definition) is 1. The Balaban J connectivity index is 2.00. The summed E-state index contributed by atoms with van der Waals surface area (Å²) in [5.74, 6) is -1.36. The second kappa shape index (κ2) is 8.55. The highest BCUT2D eigenvalue weighted by molar-refractivity contribution is 7.17. The first-order valence-corrected chi connectivity index (χ1v) is 9.78. The minimum Gasteiger partial charge on any atom is -0.462 e. The molecule has 0 saturated heterocycles. The molecule has 158 valence electrons. The molecule has 1 N–H and O–H groups in total. The van der Waals surface area contributed by atoms with Gasteiger partial charge in [-0.25, -0.2) is 4.79 Å². The maximum absolute atomic E-state index is 12.8. The maximum atomic E-state index is 12.8. The summed E-state index contributed by atoms with van der Waals surface area (Å²) in [4.78, 5) is 48.8. The predicted octanol–water partition coefficient (Wildman–Crippen LogP) is 2.98. The van der Waals surface area contributed by atoms with Crippen molar-refractivity contribution >= 4 is 39.6 Å². The van der Waals surface area contributed by atoms with Crippen molar-refractivity contribution in [1.82, 2.24) is 4.90 Å². The zero-order valence-corrected chi connectivity index (χ0v) is 17.0. The Morgan fingerprint density at radius 3 is 2.40 bits per heavy atom. The van der Waals surface area contributed by atoms with Gasteiger partial charge in [-0.05, 0) is 26.0 Å². The van der Waals surface area contributed by atoms with Crippen LogP contribution in [0, 0.1) is 20.2 Å². The molecule has 2 aromatic rings. The summed E-state index contributed by atoms with van der Waals surface area (Å²) in [6, 6.07) is 2.68. The third kappa shape index (κ3) is 4.28. The fourth-order valence-corrected chi connectivity index (χ4v) is 4.46. The van der Waals surface area contributed by atoms with Crippen molar-refractivity contribution in [1.29, 1.82) is 0 Å². The van der Waals surface area contributed by atoms with Crippen LogP contribution in [0.4, 0.5) is 16.4 Å². The van der Waals surface area contributed by atoms with Gasteiger partial charge in [0.25, 0.3) is 17.3 Å². The van der Waals surface area contributed by atoms with E-state index in [4.69, 9.17) is 4.74 Å². The van der Waals surface area contributed by atoms with E-state index in [0.717, 1.165) is 35.2 Å². The zero-order valence-electron chi connectivity index (χ0n) is 16.2. The van der Waals surface area contributed by atoms with Crippen LogP contribution in [0.5, 0.6) is 0 Å². The van der Waals surface area contributed by atoms with E-state index in [1.54, 1.807) is 6.92 Å². The second-order valence-corrected chi connectivity index (χ2v) is 7.73. The number of ether oxygens (including phenoxy) is 1. The number of amides is 1. The number of anilines is 1. The Hall–Kier alpha value is -3.38. The van der Waals surface area contributed by atoms with Gasteiger partial charge in [-0.15, -0.1) is 11.3 Å². The van der Waals surface area contributed by atoms with Crippen molar-refractivity contribution in [3.05, 3.63) is 60.0 Å². The molecule has 11 nitrogen and oxygen atoms in total. The molecular weight excluding hydrogens is 416 g/mol. The number of carbonyl (C=O) groups excluding carboxylic acids is 2. The number of non-ortho nitro benzene ring substituents is 2. The Labute approximate surface area is 174 Å². The lowest BCUT2D eigenvalue weighted by molar-refractivity contribution is -0.394. The van der Waals surface area contributed by atoms with Crippen LogP contribution >= 0.6 is 11.3 Å². The molecule has 0 atom stereocenters. The molecule has 30 heavy (non-hydrogen) atoms. The highest BCUT2D eigenvalue weighted by atomic mass is 32.1. The number of nitro benzene ring substituents is 2. The van der Waals surface area contributed by atoms with Crippen molar-refractivity contribution in [2.24, 2.45) is 0 Å². The van der Waals surface area contributed by atoms with E-state index in [1.165, 1.54) is 11.3 Å². The van der Waals surface area contributed by atoms with Crippen molar-refractivity contribution in [2.75, 3.05) is 25.5 Å². The van der Waals surface area contributed by atoms with Gasteiger partial charge in [0.2, 0.25) is 0 Å². The zero-order chi connectivity index (χ0) is 22.0. The highest BCUT2D eigenvalue weighted by Crippen LogP contribution is 2.38. The van der Waals surface area contributed by atoms with Gasteiger partial charge < -0.3 is 15.0 Å². The highest BCUT2D eigenvalue weighted by Gasteiger charge is 2.29. The molecule has 1 amide bonds. The number of rotatable bonds is 6. The minimum absolute atomic E-state index is 0.161. The number of carbonyl (C=O) groups is 2. The normalized spacial score (nSPS) is 13.4. The Morgan fingerprint density at radius 2 is 1.83 bits per heavy atom. The molecule has 0 spiro atoms. The molecular formula is C18H18N4O7S. The third-order valence-corrected chi connectivity index (χ3v) is 5.67. The van der Waals surface area contributed by atoms with Crippen LogP contribution in [0.1, 0.15) is 38.1 Å². The number of nitro groups is 2.